The molecule has 34 heavy (non-hydrogen) atoms. The van der Waals surface area contributed by atoms with Crippen LogP contribution in [0.3, 0.4) is 0 Å². The Morgan fingerprint density at radius 3 is 2.50 bits per heavy atom. The molecule has 1 unspecified atom stereocenters. The van der Waals surface area contributed by atoms with Gasteiger partial charge in [-0.3, -0.25) is 23.4 Å². The normalized spacial score (nSPS) is 22.5. The third kappa shape index (κ3) is 10.3. The zero-order chi connectivity index (χ0) is 25.9. The topological polar surface area (TPSA) is 182 Å². The summed E-state index contributed by atoms with van der Waals surface area (Å²) >= 11 is 0.998. The van der Waals surface area contributed by atoms with E-state index in [1.165, 1.54) is 7.11 Å². The van der Waals surface area contributed by atoms with Crippen molar-refractivity contribution in [3.63, 3.8) is 0 Å². The van der Waals surface area contributed by atoms with E-state index in [1.54, 1.807) is 13.8 Å². The van der Waals surface area contributed by atoms with Crippen molar-refractivity contribution in [1.82, 2.24) is 10.6 Å². The Bertz CT molecular complexity index is 779. The predicted octanol–water partition coefficient (Wildman–Crippen LogP) is 1.16. The molecule has 196 valence electrons. The van der Waals surface area contributed by atoms with Crippen LogP contribution < -0.4 is 16.4 Å². The first-order chi connectivity index (χ1) is 15.8. The number of carbonyl (C=O) groups is 4. The number of ether oxygens (including phenoxy) is 2. The number of esters is 1. The molecule has 1 saturated heterocycles. The maximum atomic E-state index is 12.7. The molecule has 0 saturated carbocycles. The van der Waals surface area contributed by atoms with E-state index in [0.717, 1.165) is 11.8 Å². The fourth-order valence-corrected chi connectivity index (χ4v) is 4.82. The van der Waals surface area contributed by atoms with E-state index in [9.17, 15) is 23.7 Å². The van der Waals surface area contributed by atoms with Crippen molar-refractivity contribution < 1.29 is 46.8 Å². The smallest absolute Gasteiger partial charge is 0.469 e. The van der Waals surface area contributed by atoms with Crippen LogP contribution in [-0.4, -0.2) is 74.6 Å². The van der Waals surface area contributed by atoms with Gasteiger partial charge in [-0.2, -0.15) is 0 Å². The summed E-state index contributed by atoms with van der Waals surface area (Å²) in [6, 6.07) is -0.582. The summed E-state index contributed by atoms with van der Waals surface area (Å²) in [4.78, 5) is 47.2. The Kier molecular flexibility index (Phi) is 12.5. The molecule has 1 aliphatic rings. The molecule has 0 spiro atoms. The number of hydrogen-bond donors (Lipinski definition) is 3. The van der Waals surface area contributed by atoms with Crippen molar-refractivity contribution in [3.05, 3.63) is 0 Å². The summed E-state index contributed by atoms with van der Waals surface area (Å²) in [5, 5.41) is 4.74. The predicted molar refractivity (Wildman–Crippen MR) is 123 cm³/mol. The molecular weight excluding hydrogens is 493 g/mol. The van der Waals surface area contributed by atoms with Crippen molar-refractivity contribution in [2.75, 3.05) is 39.4 Å². The third-order valence-corrected chi connectivity index (χ3v) is 6.94. The van der Waals surface area contributed by atoms with Crippen LogP contribution in [0.4, 0.5) is 4.79 Å². The van der Waals surface area contributed by atoms with Gasteiger partial charge in [0.05, 0.1) is 26.2 Å². The minimum absolute atomic E-state index is 0.00400. The zero-order valence-corrected chi connectivity index (χ0v) is 21.7. The molecule has 0 aromatic carbocycles. The highest BCUT2D eigenvalue weighted by atomic mass is 32.2. The molecule has 13 nitrogen and oxygen atoms in total. The van der Waals surface area contributed by atoms with Crippen LogP contribution in [0.2, 0.25) is 0 Å². The average Bonchev–Trinajstić information content (AvgIpc) is 2.77. The number of nitrogens with two attached hydrogens (primary N) is 1. The summed E-state index contributed by atoms with van der Waals surface area (Å²) in [6.07, 6.45) is -2.12. The average molecular weight is 528 g/mol. The second-order valence-electron chi connectivity index (χ2n) is 8.35. The number of amides is 2. The summed E-state index contributed by atoms with van der Waals surface area (Å²) < 4.78 is 37.4. The van der Waals surface area contributed by atoms with Gasteiger partial charge >= 0.3 is 19.9 Å². The van der Waals surface area contributed by atoms with Crippen LogP contribution >= 0.6 is 19.6 Å². The largest absolute Gasteiger partial charge is 0.478 e. The molecule has 0 bridgehead atoms. The minimum Gasteiger partial charge on any atom is -0.469 e. The molecule has 1 aliphatic heterocycles. The van der Waals surface area contributed by atoms with Crippen molar-refractivity contribution in [3.8, 4) is 0 Å². The van der Waals surface area contributed by atoms with Crippen LogP contribution in [-0.2, 0) is 42.0 Å². The molecular formula is C19H34N3O10PS. The number of alkyl carbamates (subject to hydrolysis) is 1. The Hall–Kier alpha value is -1.70. The van der Waals surface area contributed by atoms with Gasteiger partial charge in [-0.05, 0) is 5.92 Å². The van der Waals surface area contributed by atoms with Gasteiger partial charge in [0.15, 0.2) is 6.10 Å². The highest BCUT2D eigenvalue weighted by molar-refractivity contribution is 8.13. The second kappa shape index (κ2) is 14.0. The van der Waals surface area contributed by atoms with Gasteiger partial charge in [0.1, 0.15) is 0 Å². The summed E-state index contributed by atoms with van der Waals surface area (Å²) in [6.45, 7) is 6.26. The Balaban J connectivity index is 2.42. The van der Waals surface area contributed by atoms with Gasteiger partial charge in [-0.1, -0.05) is 39.5 Å². The molecule has 1 rings (SSSR count). The molecule has 1 heterocycles. The summed E-state index contributed by atoms with van der Waals surface area (Å²) in [7, 11) is -2.97. The first-order valence-corrected chi connectivity index (χ1v) is 13.0. The lowest BCUT2D eigenvalue weighted by Crippen LogP contribution is -2.50. The maximum absolute atomic E-state index is 12.7. The number of thioether (sulfide) groups is 1. The van der Waals surface area contributed by atoms with Crippen molar-refractivity contribution in [2.24, 2.45) is 17.1 Å². The van der Waals surface area contributed by atoms with Crippen LogP contribution in [0.5, 0.6) is 0 Å². The lowest BCUT2D eigenvalue weighted by Gasteiger charge is -2.39. The van der Waals surface area contributed by atoms with E-state index in [2.05, 4.69) is 15.4 Å². The van der Waals surface area contributed by atoms with Crippen molar-refractivity contribution in [1.29, 1.82) is 0 Å². The number of hydrogen-bond acceptors (Lipinski definition) is 12. The SMILES string of the molecule is COC(=O)CCNC(=O)[C@@H]1OP(=O)(OCOC(=O)NCCSC(=O)[C@@H](N)C(C)C)OCC1(C)C. The van der Waals surface area contributed by atoms with Gasteiger partial charge in [0.25, 0.3) is 0 Å². The van der Waals surface area contributed by atoms with Crippen LogP contribution in [0, 0.1) is 11.3 Å². The highest BCUT2D eigenvalue weighted by Crippen LogP contribution is 2.57. The fraction of sp³-hybridized carbons (Fsp3) is 0.789. The Morgan fingerprint density at radius 2 is 1.88 bits per heavy atom. The van der Waals surface area contributed by atoms with Crippen molar-refractivity contribution in [2.45, 2.75) is 46.3 Å². The van der Waals surface area contributed by atoms with E-state index >= 15 is 0 Å². The van der Waals surface area contributed by atoms with Gasteiger partial charge < -0.3 is 25.8 Å². The van der Waals surface area contributed by atoms with E-state index < -0.39 is 50.1 Å². The van der Waals surface area contributed by atoms with Gasteiger partial charge in [0, 0.05) is 24.3 Å². The number of phosphoric acid groups is 1. The summed E-state index contributed by atoms with van der Waals surface area (Å²) in [5.41, 5.74) is 4.90. The lowest BCUT2D eigenvalue weighted by atomic mass is 9.87. The molecule has 2 amide bonds. The van der Waals surface area contributed by atoms with Crippen molar-refractivity contribution >= 4 is 42.7 Å². The molecule has 3 atom stereocenters. The molecule has 0 aromatic heterocycles. The maximum Gasteiger partial charge on any atom is 0.478 e. The first-order valence-electron chi connectivity index (χ1n) is 10.6. The van der Waals surface area contributed by atoms with E-state index in [0.29, 0.717) is 5.75 Å². The van der Waals surface area contributed by atoms with Crippen LogP contribution in [0.25, 0.3) is 0 Å². The first kappa shape index (κ1) is 30.3. The van der Waals surface area contributed by atoms with Gasteiger partial charge in [-0.25, -0.2) is 13.9 Å². The van der Waals surface area contributed by atoms with Crippen LogP contribution in [0.1, 0.15) is 34.1 Å². The standard InChI is InChI=1S/C19H34N3O10PS/c1-12(2)14(20)17(25)34-9-8-22-18(26)29-11-31-33(27)30-10-19(3,4)15(32-33)16(24)21-7-6-13(23)28-5/h12,14-15H,6-11,20H2,1-5H3,(H,21,24)(H,22,26)/t14-,15-,33?/m0/s1. The highest BCUT2D eigenvalue weighted by Gasteiger charge is 2.49. The second-order valence-corrected chi connectivity index (χ2v) is 11.1. The quantitative estimate of drug-likeness (QED) is 0.143. The zero-order valence-electron chi connectivity index (χ0n) is 20.0. The van der Waals surface area contributed by atoms with Gasteiger partial charge in [-0.15, -0.1) is 0 Å². The summed E-state index contributed by atoms with van der Waals surface area (Å²) in [5.74, 6) is -0.801. The van der Waals surface area contributed by atoms with E-state index in [4.69, 9.17) is 24.0 Å². The molecule has 15 heteroatoms. The molecule has 4 N–H and O–H groups in total. The Morgan fingerprint density at radius 1 is 1.21 bits per heavy atom. The van der Waals surface area contributed by atoms with Gasteiger partial charge in [0.2, 0.25) is 17.8 Å². The number of methoxy groups -OCH3 is 1. The minimum atomic E-state index is -4.20. The molecule has 1 fully saturated rings. The molecule has 0 aromatic rings. The van der Waals surface area contributed by atoms with Crippen LogP contribution in [0.15, 0.2) is 0 Å². The third-order valence-electron chi connectivity index (χ3n) is 4.64. The molecule has 0 radical (unpaired) electrons. The monoisotopic (exact) mass is 527 g/mol. The molecule has 0 aliphatic carbocycles. The number of phosphoric ester groups is 1. The number of rotatable bonds is 12. The van der Waals surface area contributed by atoms with E-state index in [1.807, 2.05) is 13.8 Å². The number of carbonyl (C=O) groups excluding carboxylic acids is 4. The van der Waals surface area contributed by atoms with E-state index in [-0.39, 0.29) is 37.2 Å². The lowest BCUT2D eigenvalue weighted by molar-refractivity contribution is -0.144. The number of nitrogens with one attached hydrogen (secondary N) is 2. The Labute approximate surface area is 203 Å². The fourth-order valence-electron chi connectivity index (χ4n) is 2.44.